The van der Waals surface area contributed by atoms with Gasteiger partial charge in [-0.05, 0) is 30.7 Å². The smallest absolute Gasteiger partial charge is 0.123 e. The highest BCUT2D eigenvalue weighted by molar-refractivity contribution is 5.35. The van der Waals surface area contributed by atoms with Crippen molar-refractivity contribution < 1.29 is 4.74 Å². The van der Waals surface area contributed by atoms with E-state index in [9.17, 15) is 0 Å². The van der Waals surface area contributed by atoms with E-state index in [2.05, 4.69) is 23.3 Å². The predicted octanol–water partition coefficient (Wildman–Crippen LogP) is 2.94. The van der Waals surface area contributed by atoms with Gasteiger partial charge in [-0.2, -0.15) is 0 Å². The maximum Gasteiger partial charge on any atom is 0.123 e. The van der Waals surface area contributed by atoms with Crippen LogP contribution in [0.4, 0.5) is 0 Å². The van der Waals surface area contributed by atoms with Crippen molar-refractivity contribution in [3.63, 3.8) is 0 Å². The van der Waals surface area contributed by atoms with E-state index in [-0.39, 0.29) is 6.04 Å². The normalized spacial score (nSPS) is 12.1. The maximum atomic E-state index is 5.37. The van der Waals surface area contributed by atoms with Crippen molar-refractivity contribution in [2.24, 2.45) is 0 Å². The van der Waals surface area contributed by atoms with Gasteiger partial charge in [-0.25, -0.2) is 0 Å². The van der Waals surface area contributed by atoms with E-state index < -0.39 is 0 Å². The highest BCUT2D eigenvalue weighted by atomic mass is 16.5. The minimum absolute atomic E-state index is 0.245. The van der Waals surface area contributed by atoms with Gasteiger partial charge >= 0.3 is 0 Å². The van der Waals surface area contributed by atoms with Crippen LogP contribution in [-0.4, -0.2) is 12.1 Å². The summed E-state index contributed by atoms with van der Waals surface area (Å²) in [6.07, 6.45) is 3.62. The molecule has 18 heavy (non-hydrogen) atoms. The lowest BCUT2D eigenvalue weighted by Gasteiger charge is -2.17. The van der Waals surface area contributed by atoms with E-state index in [0.717, 1.165) is 12.3 Å². The monoisotopic (exact) mass is 242 g/mol. The van der Waals surface area contributed by atoms with Crippen molar-refractivity contribution in [2.75, 3.05) is 7.11 Å². The molecule has 2 aromatic rings. The molecule has 0 saturated heterocycles. The molecular formula is C15H18N2O. The van der Waals surface area contributed by atoms with Crippen molar-refractivity contribution >= 4 is 0 Å². The zero-order chi connectivity index (χ0) is 12.8. The zero-order valence-electron chi connectivity index (χ0n) is 10.8. The third kappa shape index (κ3) is 3.08. The van der Waals surface area contributed by atoms with Gasteiger partial charge in [0.05, 0.1) is 7.11 Å². The molecule has 0 radical (unpaired) electrons. The SMILES string of the molecule is COc1ccccc1[C@H](C)NCc1ccncc1. The fourth-order valence-electron chi connectivity index (χ4n) is 1.91. The Morgan fingerprint density at radius 2 is 1.89 bits per heavy atom. The number of benzene rings is 1. The molecule has 3 nitrogen and oxygen atoms in total. The zero-order valence-corrected chi connectivity index (χ0v) is 10.8. The summed E-state index contributed by atoms with van der Waals surface area (Å²) in [7, 11) is 1.70. The Kier molecular flexibility index (Phi) is 4.31. The number of ether oxygens (including phenoxy) is 1. The number of hydrogen-bond donors (Lipinski definition) is 1. The number of nitrogens with zero attached hydrogens (tertiary/aromatic N) is 1. The van der Waals surface area contributed by atoms with E-state index in [4.69, 9.17) is 4.74 Å². The Hall–Kier alpha value is -1.87. The van der Waals surface area contributed by atoms with Crippen LogP contribution >= 0.6 is 0 Å². The van der Waals surface area contributed by atoms with Crippen LogP contribution in [0.15, 0.2) is 48.8 Å². The van der Waals surface area contributed by atoms with Gasteiger partial charge < -0.3 is 10.1 Å². The second kappa shape index (κ2) is 6.17. The fraction of sp³-hybridized carbons (Fsp3) is 0.267. The van der Waals surface area contributed by atoms with Gasteiger partial charge in [0.2, 0.25) is 0 Å². The summed E-state index contributed by atoms with van der Waals surface area (Å²) in [6, 6.07) is 12.4. The number of para-hydroxylation sites is 1. The van der Waals surface area contributed by atoms with Crippen LogP contribution in [0.5, 0.6) is 5.75 Å². The molecular weight excluding hydrogens is 224 g/mol. The first-order valence-corrected chi connectivity index (χ1v) is 6.06. The molecule has 0 saturated carbocycles. The lowest BCUT2D eigenvalue weighted by Crippen LogP contribution is -2.18. The standard InChI is InChI=1S/C15H18N2O/c1-12(14-5-3-4-6-15(14)18-2)17-11-13-7-9-16-10-8-13/h3-10,12,17H,11H2,1-2H3/t12-/m0/s1. The second-order valence-corrected chi connectivity index (χ2v) is 4.20. The predicted molar refractivity (Wildman–Crippen MR) is 72.5 cm³/mol. The summed E-state index contributed by atoms with van der Waals surface area (Å²) in [4.78, 5) is 4.01. The third-order valence-corrected chi connectivity index (χ3v) is 2.97. The van der Waals surface area contributed by atoms with E-state index in [0.29, 0.717) is 0 Å². The third-order valence-electron chi connectivity index (χ3n) is 2.97. The lowest BCUT2D eigenvalue weighted by atomic mass is 10.1. The highest BCUT2D eigenvalue weighted by Crippen LogP contribution is 2.24. The van der Waals surface area contributed by atoms with E-state index in [1.807, 2.05) is 42.7 Å². The Morgan fingerprint density at radius 3 is 2.61 bits per heavy atom. The number of hydrogen-bond acceptors (Lipinski definition) is 3. The number of pyridine rings is 1. The topological polar surface area (TPSA) is 34.1 Å². The second-order valence-electron chi connectivity index (χ2n) is 4.20. The van der Waals surface area contributed by atoms with Crippen molar-refractivity contribution in [2.45, 2.75) is 19.5 Å². The fourth-order valence-corrected chi connectivity index (χ4v) is 1.91. The van der Waals surface area contributed by atoms with Gasteiger partial charge in [-0.1, -0.05) is 18.2 Å². The van der Waals surface area contributed by atoms with Crippen molar-refractivity contribution in [3.8, 4) is 5.75 Å². The van der Waals surface area contributed by atoms with Gasteiger partial charge in [0.1, 0.15) is 5.75 Å². The van der Waals surface area contributed by atoms with Crippen LogP contribution in [-0.2, 0) is 6.54 Å². The van der Waals surface area contributed by atoms with Crippen molar-refractivity contribution in [1.82, 2.24) is 10.3 Å². The van der Waals surface area contributed by atoms with Crippen molar-refractivity contribution in [1.29, 1.82) is 0 Å². The number of rotatable bonds is 5. The molecule has 1 atom stereocenters. The Labute approximate surface area is 108 Å². The van der Waals surface area contributed by atoms with Gasteiger partial charge in [-0.15, -0.1) is 0 Å². The number of methoxy groups -OCH3 is 1. The maximum absolute atomic E-state index is 5.37. The average molecular weight is 242 g/mol. The first-order valence-electron chi connectivity index (χ1n) is 6.06. The van der Waals surface area contributed by atoms with Crippen LogP contribution in [0.1, 0.15) is 24.1 Å². The van der Waals surface area contributed by atoms with Gasteiger partial charge in [0.25, 0.3) is 0 Å². The first-order chi connectivity index (χ1) is 8.81. The van der Waals surface area contributed by atoms with E-state index >= 15 is 0 Å². The van der Waals surface area contributed by atoms with Gasteiger partial charge in [0.15, 0.2) is 0 Å². The molecule has 3 heteroatoms. The Morgan fingerprint density at radius 1 is 1.17 bits per heavy atom. The molecule has 0 bridgehead atoms. The summed E-state index contributed by atoms with van der Waals surface area (Å²) in [5.74, 6) is 0.923. The first kappa shape index (κ1) is 12.6. The van der Waals surface area contributed by atoms with Crippen LogP contribution in [0.2, 0.25) is 0 Å². The van der Waals surface area contributed by atoms with Crippen LogP contribution in [0, 0.1) is 0 Å². The van der Waals surface area contributed by atoms with Crippen LogP contribution in [0.3, 0.4) is 0 Å². The molecule has 0 aliphatic carbocycles. The molecule has 0 spiro atoms. The summed E-state index contributed by atoms with van der Waals surface area (Å²) in [5, 5.41) is 3.48. The van der Waals surface area contributed by atoms with E-state index in [1.165, 1.54) is 11.1 Å². The van der Waals surface area contributed by atoms with Gasteiger partial charge in [-0.3, -0.25) is 4.98 Å². The molecule has 2 rings (SSSR count). The van der Waals surface area contributed by atoms with E-state index in [1.54, 1.807) is 7.11 Å². The molecule has 0 aliphatic rings. The summed E-state index contributed by atoms with van der Waals surface area (Å²) in [6.45, 7) is 2.96. The molecule has 0 aliphatic heterocycles. The minimum atomic E-state index is 0.245. The highest BCUT2D eigenvalue weighted by Gasteiger charge is 2.09. The number of aromatic nitrogens is 1. The largest absolute Gasteiger partial charge is 0.496 e. The lowest BCUT2D eigenvalue weighted by molar-refractivity contribution is 0.401. The Bertz CT molecular complexity index is 485. The summed E-state index contributed by atoms with van der Waals surface area (Å²) < 4.78 is 5.37. The molecule has 94 valence electrons. The molecule has 1 aromatic carbocycles. The summed E-state index contributed by atoms with van der Waals surface area (Å²) >= 11 is 0. The average Bonchev–Trinajstić information content (AvgIpc) is 2.45. The molecule has 0 fully saturated rings. The van der Waals surface area contributed by atoms with Crippen LogP contribution in [0.25, 0.3) is 0 Å². The minimum Gasteiger partial charge on any atom is -0.496 e. The molecule has 1 N–H and O–H groups in total. The molecule has 0 amide bonds. The number of nitrogens with one attached hydrogen (secondary N) is 1. The molecule has 1 heterocycles. The van der Waals surface area contributed by atoms with Gasteiger partial charge in [0, 0.05) is 30.5 Å². The van der Waals surface area contributed by atoms with Crippen LogP contribution < -0.4 is 10.1 Å². The molecule has 1 aromatic heterocycles. The quantitative estimate of drug-likeness (QED) is 0.875. The summed E-state index contributed by atoms with van der Waals surface area (Å²) in [5.41, 5.74) is 2.40. The van der Waals surface area contributed by atoms with Crippen molar-refractivity contribution in [3.05, 3.63) is 59.9 Å². The Balaban J connectivity index is 2.01. The molecule has 0 unspecified atom stereocenters.